The van der Waals surface area contributed by atoms with Gasteiger partial charge in [-0.2, -0.15) is 8.78 Å². The van der Waals surface area contributed by atoms with Crippen LogP contribution in [0.25, 0.3) is 0 Å². The zero-order chi connectivity index (χ0) is 17.9. The van der Waals surface area contributed by atoms with Gasteiger partial charge in [-0.25, -0.2) is 13.8 Å². The smallest absolute Gasteiger partial charge is 0.316 e. The maximum atomic E-state index is 13.0. The Balaban J connectivity index is 2.13. The van der Waals surface area contributed by atoms with Crippen LogP contribution in [-0.2, 0) is 7.05 Å². The summed E-state index contributed by atoms with van der Waals surface area (Å²) in [6.07, 6.45) is 0.526. The van der Waals surface area contributed by atoms with Gasteiger partial charge in [0.05, 0.1) is 23.8 Å². The fraction of sp³-hybridized carbons (Fsp3) is 0.357. The summed E-state index contributed by atoms with van der Waals surface area (Å²) in [6.45, 7) is 0. The molecule has 2 aromatic rings. The van der Waals surface area contributed by atoms with Gasteiger partial charge in [0.15, 0.2) is 5.16 Å². The summed E-state index contributed by atoms with van der Waals surface area (Å²) in [5.41, 5.74) is 0.686. The third-order valence-corrected chi connectivity index (χ3v) is 4.38. The number of hydrogen-bond donors (Lipinski definition) is 0. The molecule has 0 fully saturated rings. The van der Waals surface area contributed by atoms with Gasteiger partial charge in [0.25, 0.3) is 5.91 Å². The first-order chi connectivity index (χ1) is 11.2. The van der Waals surface area contributed by atoms with E-state index in [1.54, 1.807) is 18.3 Å². The zero-order valence-electron chi connectivity index (χ0n) is 12.8. The first-order valence-corrected chi connectivity index (χ1v) is 7.71. The minimum Gasteiger partial charge on any atom is -0.318 e. The normalized spacial score (nSPS) is 11.8. The third kappa shape index (κ3) is 3.86. The van der Waals surface area contributed by atoms with Crippen LogP contribution in [0.4, 0.5) is 23.2 Å². The SMILES string of the molecule is CN(C(=O)c1cnc(SCC(F)(F)C(F)F)n1C)c1cccnc1. The molecule has 24 heavy (non-hydrogen) atoms. The van der Waals surface area contributed by atoms with Crippen molar-refractivity contribution in [2.75, 3.05) is 17.7 Å². The van der Waals surface area contributed by atoms with Crippen molar-refractivity contribution in [3.8, 4) is 0 Å². The summed E-state index contributed by atoms with van der Waals surface area (Å²) in [4.78, 5) is 21.5. The van der Waals surface area contributed by atoms with E-state index < -0.39 is 24.0 Å². The zero-order valence-corrected chi connectivity index (χ0v) is 13.6. The average Bonchev–Trinajstić information content (AvgIpc) is 2.93. The van der Waals surface area contributed by atoms with Crippen LogP contribution in [0, 0.1) is 0 Å². The topological polar surface area (TPSA) is 51.0 Å². The lowest BCUT2D eigenvalue weighted by Gasteiger charge is -2.17. The summed E-state index contributed by atoms with van der Waals surface area (Å²) in [5.74, 6) is -5.67. The second-order valence-electron chi connectivity index (χ2n) is 4.91. The molecule has 0 aliphatic rings. The quantitative estimate of drug-likeness (QED) is 0.585. The lowest BCUT2D eigenvalue weighted by molar-refractivity contribution is -0.110. The largest absolute Gasteiger partial charge is 0.318 e. The molecule has 0 unspecified atom stereocenters. The summed E-state index contributed by atoms with van der Waals surface area (Å²) in [6, 6.07) is 3.34. The van der Waals surface area contributed by atoms with Gasteiger partial charge in [-0.05, 0) is 12.1 Å². The first-order valence-electron chi connectivity index (χ1n) is 6.72. The molecule has 130 valence electrons. The van der Waals surface area contributed by atoms with Gasteiger partial charge in [-0.15, -0.1) is 0 Å². The molecule has 2 rings (SSSR count). The first kappa shape index (κ1) is 18.2. The van der Waals surface area contributed by atoms with Crippen molar-refractivity contribution in [3.05, 3.63) is 36.4 Å². The Morgan fingerprint density at radius 2 is 2.12 bits per heavy atom. The number of thioether (sulfide) groups is 1. The molecule has 0 saturated heterocycles. The Bertz CT molecular complexity index is 708. The van der Waals surface area contributed by atoms with Crippen molar-refractivity contribution in [3.63, 3.8) is 0 Å². The Hall–Kier alpha value is -2.10. The molecule has 0 bridgehead atoms. The van der Waals surface area contributed by atoms with Gasteiger partial charge in [0.1, 0.15) is 5.69 Å². The van der Waals surface area contributed by atoms with E-state index in [9.17, 15) is 22.4 Å². The van der Waals surface area contributed by atoms with Crippen molar-refractivity contribution in [1.29, 1.82) is 0 Å². The van der Waals surface area contributed by atoms with Gasteiger partial charge >= 0.3 is 12.3 Å². The van der Waals surface area contributed by atoms with E-state index in [4.69, 9.17) is 0 Å². The molecule has 0 saturated carbocycles. The number of pyridine rings is 1. The van der Waals surface area contributed by atoms with Gasteiger partial charge in [-0.1, -0.05) is 11.8 Å². The van der Waals surface area contributed by atoms with E-state index in [0.29, 0.717) is 17.4 Å². The predicted octanol–water partition coefficient (Wildman–Crippen LogP) is 3.08. The molecule has 2 heterocycles. The number of carbonyl (C=O) groups excluding carboxylic acids is 1. The van der Waals surface area contributed by atoms with Gasteiger partial charge in [0.2, 0.25) is 0 Å². The van der Waals surface area contributed by atoms with E-state index in [1.165, 1.54) is 36.0 Å². The second-order valence-corrected chi connectivity index (χ2v) is 5.85. The lowest BCUT2D eigenvalue weighted by Crippen LogP contribution is -2.29. The molecule has 0 N–H and O–H groups in total. The number of nitrogens with zero attached hydrogens (tertiary/aromatic N) is 4. The molecular formula is C14H14F4N4OS. The molecule has 0 aliphatic carbocycles. The number of anilines is 1. The van der Waals surface area contributed by atoms with Crippen LogP contribution in [0.2, 0.25) is 0 Å². The van der Waals surface area contributed by atoms with E-state index in [1.807, 2.05) is 0 Å². The maximum Gasteiger partial charge on any atom is 0.316 e. The number of imidazole rings is 1. The number of alkyl halides is 4. The van der Waals surface area contributed by atoms with Crippen molar-refractivity contribution in [2.45, 2.75) is 17.5 Å². The summed E-state index contributed by atoms with van der Waals surface area (Å²) >= 11 is 0.467. The number of amides is 1. The van der Waals surface area contributed by atoms with Crippen LogP contribution in [-0.4, -0.2) is 45.6 Å². The van der Waals surface area contributed by atoms with Crippen LogP contribution >= 0.6 is 11.8 Å². The van der Waals surface area contributed by atoms with Crippen molar-refractivity contribution >= 4 is 23.4 Å². The Morgan fingerprint density at radius 1 is 1.42 bits per heavy atom. The monoisotopic (exact) mass is 362 g/mol. The van der Waals surface area contributed by atoms with Crippen LogP contribution < -0.4 is 4.90 Å². The lowest BCUT2D eigenvalue weighted by atomic mass is 10.3. The highest BCUT2D eigenvalue weighted by Crippen LogP contribution is 2.30. The van der Waals surface area contributed by atoms with E-state index in [0.717, 1.165) is 0 Å². The Kier molecular flexibility index (Phi) is 5.47. The molecular weight excluding hydrogens is 348 g/mol. The van der Waals surface area contributed by atoms with Gasteiger partial charge < -0.3 is 9.47 Å². The van der Waals surface area contributed by atoms with E-state index in [2.05, 4.69) is 9.97 Å². The number of rotatable bonds is 6. The van der Waals surface area contributed by atoms with Crippen LogP contribution in [0.5, 0.6) is 0 Å². The molecule has 1 amide bonds. The number of carbonyl (C=O) groups is 1. The predicted molar refractivity (Wildman–Crippen MR) is 81.9 cm³/mol. The van der Waals surface area contributed by atoms with Crippen LogP contribution in [0.3, 0.4) is 0 Å². The summed E-state index contributed by atoms with van der Waals surface area (Å²) in [5, 5.41) is 0.0539. The molecule has 0 aliphatic heterocycles. The van der Waals surface area contributed by atoms with Crippen LogP contribution in [0.15, 0.2) is 35.9 Å². The van der Waals surface area contributed by atoms with Crippen molar-refractivity contribution in [2.24, 2.45) is 7.05 Å². The molecule has 2 aromatic heterocycles. The Labute approximate surface area is 139 Å². The highest BCUT2D eigenvalue weighted by Gasteiger charge is 2.41. The fourth-order valence-electron chi connectivity index (χ4n) is 1.79. The molecule has 0 spiro atoms. The highest BCUT2D eigenvalue weighted by molar-refractivity contribution is 7.99. The third-order valence-electron chi connectivity index (χ3n) is 3.22. The summed E-state index contributed by atoms with van der Waals surface area (Å²) < 4.78 is 51.6. The minimum absolute atomic E-state index is 0.0539. The summed E-state index contributed by atoms with van der Waals surface area (Å²) in [7, 11) is 2.99. The van der Waals surface area contributed by atoms with E-state index in [-0.39, 0.29) is 10.9 Å². The number of aromatic nitrogens is 3. The maximum absolute atomic E-state index is 13.0. The molecule has 0 atom stereocenters. The number of hydrogen-bond acceptors (Lipinski definition) is 4. The molecule has 0 radical (unpaired) electrons. The second kappa shape index (κ2) is 7.20. The molecule has 10 heteroatoms. The van der Waals surface area contributed by atoms with Crippen LogP contribution in [0.1, 0.15) is 10.5 Å². The van der Waals surface area contributed by atoms with Gasteiger partial charge in [-0.3, -0.25) is 9.78 Å². The Morgan fingerprint density at radius 3 is 2.71 bits per heavy atom. The standard InChI is InChI=1S/C14H14F4N4OS/c1-21(9-4-3-5-19-6-9)11(23)10-7-20-13(22(10)2)24-8-14(17,18)12(15)16/h3-7,12H,8H2,1-2H3. The fourth-order valence-corrected chi connectivity index (χ4v) is 2.66. The van der Waals surface area contributed by atoms with E-state index >= 15 is 0 Å². The molecule has 5 nitrogen and oxygen atoms in total. The molecule has 0 aromatic carbocycles. The van der Waals surface area contributed by atoms with Gasteiger partial charge in [0, 0.05) is 20.3 Å². The minimum atomic E-state index is -4.12. The van der Waals surface area contributed by atoms with Crippen molar-refractivity contribution in [1.82, 2.24) is 14.5 Å². The van der Waals surface area contributed by atoms with Crippen molar-refractivity contribution < 1.29 is 22.4 Å². The average molecular weight is 362 g/mol. The number of halogens is 4. The highest BCUT2D eigenvalue weighted by atomic mass is 32.2.